The molecule has 0 saturated carbocycles. The number of carboxylic acids is 2. The van der Waals surface area contributed by atoms with Crippen LogP contribution in [0.4, 0.5) is 0 Å². The number of aromatic nitrogens is 2. The first-order valence-corrected chi connectivity index (χ1v) is 11.6. The number of aliphatic carboxylic acids is 2. The Morgan fingerprint density at radius 3 is 2.05 bits per heavy atom. The van der Waals surface area contributed by atoms with Crippen LogP contribution in [-0.4, -0.2) is 84.9 Å². The lowest BCUT2D eigenvalue weighted by Gasteiger charge is -2.24. The fourth-order valence-corrected chi connectivity index (χ4v) is 3.45. The minimum atomic E-state index is -1.72. The number of carboxylic acid groups (broad SMARTS) is 2. The highest BCUT2D eigenvalue weighted by atomic mass is 32.1. The van der Waals surface area contributed by atoms with Crippen LogP contribution in [0, 0.1) is 0 Å². The van der Waals surface area contributed by atoms with E-state index in [2.05, 4.69) is 38.5 Å². The number of carbonyl (C=O) groups excluding carboxylic acids is 3. The molecule has 37 heavy (non-hydrogen) atoms. The molecule has 1 heterocycles. The number of H-pyrrole nitrogens is 1. The molecule has 200 valence electrons. The van der Waals surface area contributed by atoms with E-state index < -0.39 is 60.2 Å². The Labute approximate surface area is 216 Å². The molecule has 3 amide bonds. The number of aromatic hydroxyl groups is 1. The molecule has 0 radical (unpaired) electrons. The smallest absolute Gasteiger partial charge is 0.326 e. The highest BCUT2D eigenvalue weighted by molar-refractivity contribution is 7.80. The molecule has 9 N–H and O–H groups in total. The molecule has 0 saturated heterocycles. The second kappa shape index (κ2) is 13.8. The normalized spacial score (nSPS) is 14.0. The third-order valence-corrected chi connectivity index (χ3v) is 5.51. The molecular formula is C22H28N6O8S. The molecule has 1 aromatic carbocycles. The lowest BCUT2D eigenvalue weighted by molar-refractivity contribution is -0.147. The maximum absolute atomic E-state index is 13.0. The van der Waals surface area contributed by atoms with Crippen LogP contribution < -0.4 is 21.7 Å². The largest absolute Gasteiger partial charge is 0.508 e. The monoisotopic (exact) mass is 536 g/mol. The maximum Gasteiger partial charge on any atom is 0.326 e. The first kappa shape index (κ1) is 29.1. The van der Waals surface area contributed by atoms with Gasteiger partial charge in [0.2, 0.25) is 17.7 Å². The summed E-state index contributed by atoms with van der Waals surface area (Å²) in [5, 5.41) is 34.4. The van der Waals surface area contributed by atoms with Gasteiger partial charge >= 0.3 is 11.9 Å². The van der Waals surface area contributed by atoms with E-state index in [1.165, 1.54) is 24.7 Å². The number of benzene rings is 1. The molecule has 0 fully saturated rings. The standard InChI is InChI=1S/C22H28N6O8S/c23-14(5-11-1-3-13(29)4-2-11)19(32)26-15(6-12-8-24-10-25-12)20(33)28-17(9-37)21(34)27-16(22(35)36)7-18(30)31/h1-4,8,10,14-17,29,37H,5-7,9,23H2,(H,24,25)(H,26,32)(H,27,34)(H,28,33)(H,30,31)(H,35,36). The predicted molar refractivity (Wildman–Crippen MR) is 132 cm³/mol. The summed E-state index contributed by atoms with van der Waals surface area (Å²) in [5.74, 6) is -5.61. The number of thiol groups is 1. The van der Waals surface area contributed by atoms with Gasteiger partial charge in [0.05, 0.1) is 18.8 Å². The van der Waals surface area contributed by atoms with Crippen LogP contribution in [0.2, 0.25) is 0 Å². The van der Waals surface area contributed by atoms with Crippen molar-refractivity contribution in [1.82, 2.24) is 25.9 Å². The summed E-state index contributed by atoms with van der Waals surface area (Å²) in [6, 6.07) is 0.789. The number of nitrogens with one attached hydrogen (secondary N) is 4. The van der Waals surface area contributed by atoms with Gasteiger partial charge < -0.3 is 42.0 Å². The van der Waals surface area contributed by atoms with Gasteiger partial charge in [-0.25, -0.2) is 9.78 Å². The molecule has 14 nitrogen and oxygen atoms in total. The number of rotatable bonds is 14. The summed E-state index contributed by atoms with van der Waals surface area (Å²) in [7, 11) is 0. The van der Waals surface area contributed by atoms with Crippen molar-refractivity contribution in [2.45, 2.75) is 43.4 Å². The maximum atomic E-state index is 13.0. The number of carbonyl (C=O) groups is 5. The molecule has 0 aliphatic heterocycles. The zero-order valence-corrected chi connectivity index (χ0v) is 20.4. The highest BCUT2D eigenvalue weighted by Crippen LogP contribution is 2.11. The molecule has 15 heteroatoms. The molecule has 2 rings (SSSR count). The second-order valence-electron chi connectivity index (χ2n) is 8.06. The van der Waals surface area contributed by atoms with Crippen LogP contribution in [0.25, 0.3) is 0 Å². The van der Waals surface area contributed by atoms with Crippen molar-refractivity contribution in [3.05, 3.63) is 48.0 Å². The number of phenolic OH excluding ortho intramolecular Hbond substituents is 1. The Bertz CT molecular complexity index is 1100. The van der Waals surface area contributed by atoms with E-state index in [0.717, 1.165) is 0 Å². The third kappa shape index (κ3) is 9.46. The highest BCUT2D eigenvalue weighted by Gasteiger charge is 2.31. The Kier molecular flexibility index (Phi) is 10.9. The van der Waals surface area contributed by atoms with E-state index in [1.807, 2.05) is 0 Å². The average molecular weight is 537 g/mol. The van der Waals surface area contributed by atoms with Gasteiger partial charge in [-0.15, -0.1) is 0 Å². The van der Waals surface area contributed by atoms with Crippen LogP contribution in [0.3, 0.4) is 0 Å². The van der Waals surface area contributed by atoms with Crippen molar-refractivity contribution in [1.29, 1.82) is 0 Å². The fraction of sp³-hybridized carbons (Fsp3) is 0.364. The van der Waals surface area contributed by atoms with Crippen molar-refractivity contribution in [3.63, 3.8) is 0 Å². The molecular weight excluding hydrogens is 508 g/mol. The summed E-state index contributed by atoms with van der Waals surface area (Å²) in [6.07, 6.45) is 2.02. The van der Waals surface area contributed by atoms with Gasteiger partial charge in [0.15, 0.2) is 0 Å². The van der Waals surface area contributed by atoms with Crippen molar-refractivity contribution in [3.8, 4) is 5.75 Å². The summed E-state index contributed by atoms with van der Waals surface area (Å²) in [5.41, 5.74) is 7.17. The van der Waals surface area contributed by atoms with Crippen LogP contribution >= 0.6 is 12.6 Å². The second-order valence-corrected chi connectivity index (χ2v) is 8.43. The fourth-order valence-electron chi connectivity index (χ4n) is 3.20. The van der Waals surface area contributed by atoms with E-state index in [-0.39, 0.29) is 24.3 Å². The molecule has 0 aliphatic rings. The minimum Gasteiger partial charge on any atom is -0.508 e. The van der Waals surface area contributed by atoms with E-state index in [0.29, 0.717) is 11.3 Å². The van der Waals surface area contributed by atoms with Gasteiger partial charge in [0, 0.05) is 24.1 Å². The van der Waals surface area contributed by atoms with Crippen LogP contribution in [0.1, 0.15) is 17.7 Å². The minimum absolute atomic E-state index is 0.0405. The van der Waals surface area contributed by atoms with Gasteiger partial charge in [-0.1, -0.05) is 12.1 Å². The number of hydrogen-bond acceptors (Lipinski definition) is 9. The number of phenols is 1. The topological polar surface area (TPSA) is 237 Å². The molecule has 0 bridgehead atoms. The number of amides is 3. The Balaban J connectivity index is 2.10. The van der Waals surface area contributed by atoms with Crippen LogP contribution in [0.5, 0.6) is 5.75 Å². The lowest BCUT2D eigenvalue weighted by atomic mass is 10.0. The Morgan fingerprint density at radius 2 is 1.51 bits per heavy atom. The zero-order chi connectivity index (χ0) is 27.5. The van der Waals surface area contributed by atoms with Crippen LogP contribution in [0.15, 0.2) is 36.8 Å². The van der Waals surface area contributed by atoms with Crippen molar-refractivity contribution >= 4 is 42.3 Å². The Morgan fingerprint density at radius 1 is 0.919 bits per heavy atom. The van der Waals surface area contributed by atoms with Crippen molar-refractivity contribution in [2.24, 2.45) is 5.73 Å². The van der Waals surface area contributed by atoms with Gasteiger partial charge in [0.1, 0.15) is 23.9 Å². The number of nitrogens with zero attached hydrogens (tertiary/aromatic N) is 1. The summed E-state index contributed by atoms with van der Waals surface area (Å²) in [4.78, 5) is 67.1. The Hall–Kier alpha value is -4.11. The summed E-state index contributed by atoms with van der Waals surface area (Å²) in [6.45, 7) is 0. The molecule has 2 aromatic rings. The third-order valence-electron chi connectivity index (χ3n) is 5.15. The molecule has 4 unspecified atom stereocenters. The van der Waals surface area contributed by atoms with E-state index in [9.17, 15) is 29.1 Å². The number of imidazole rings is 1. The van der Waals surface area contributed by atoms with Gasteiger partial charge in [-0.2, -0.15) is 12.6 Å². The number of hydrogen-bond donors (Lipinski definition) is 9. The first-order valence-electron chi connectivity index (χ1n) is 11.0. The lowest BCUT2D eigenvalue weighted by Crippen LogP contribution is -2.58. The average Bonchev–Trinajstić information content (AvgIpc) is 3.35. The predicted octanol–water partition coefficient (Wildman–Crippen LogP) is -1.83. The molecule has 4 atom stereocenters. The zero-order valence-electron chi connectivity index (χ0n) is 19.5. The van der Waals surface area contributed by atoms with Gasteiger partial charge in [-0.05, 0) is 24.1 Å². The van der Waals surface area contributed by atoms with E-state index in [4.69, 9.17) is 15.9 Å². The summed E-state index contributed by atoms with van der Waals surface area (Å²) < 4.78 is 0. The number of nitrogens with two attached hydrogens (primary N) is 1. The number of aromatic amines is 1. The quantitative estimate of drug-likeness (QED) is 0.122. The van der Waals surface area contributed by atoms with Crippen molar-refractivity contribution < 1.29 is 39.3 Å². The molecule has 1 aromatic heterocycles. The van der Waals surface area contributed by atoms with Gasteiger partial charge in [0.25, 0.3) is 0 Å². The molecule has 0 aliphatic carbocycles. The molecule has 0 spiro atoms. The van der Waals surface area contributed by atoms with E-state index >= 15 is 0 Å². The summed E-state index contributed by atoms with van der Waals surface area (Å²) >= 11 is 4.02. The van der Waals surface area contributed by atoms with E-state index in [1.54, 1.807) is 12.1 Å². The van der Waals surface area contributed by atoms with Crippen LogP contribution in [-0.2, 0) is 36.8 Å². The first-order chi connectivity index (χ1) is 17.5. The van der Waals surface area contributed by atoms with Crippen molar-refractivity contribution in [2.75, 3.05) is 5.75 Å². The SMILES string of the molecule is NC(Cc1ccc(O)cc1)C(=O)NC(Cc1cnc[nH]1)C(=O)NC(CS)C(=O)NC(CC(=O)O)C(=O)O. The van der Waals surface area contributed by atoms with Gasteiger partial charge in [-0.3, -0.25) is 19.2 Å².